The lowest BCUT2D eigenvalue weighted by Gasteiger charge is -2.31. The molecular weight excluding hydrogens is 380 g/mol. The Morgan fingerprint density at radius 1 is 1.11 bits per heavy atom. The van der Waals surface area contributed by atoms with Crippen LogP contribution in [0.25, 0.3) is 0 Å². The summed E-state index contributed by atoms with van der Waals surface area (Å²) in [6, 6.07) is 3.76. The fourth-order valence-electron chi connectivity index (χ4n) is 4.19. The first kappa shape index (κ1) is 17.8. The number of benzene rings is 1. The average molecular weight is 403 g/mol. The highest BCUT2D eigenvalue weighted by Crippen LogP contribution is 2.37. The minimum Gasteiger partial charge on any atom is -0.454 e. The van der Waals surface area contributed by atoms with E-state index in [2.05, 4.69) is 14.8 Å². The van der Waals surface area contributed by atoms with Crippen LogP contribution in [0.4, 0.5) is 5.95 Å². The third kappa shape index (κ3) is 3.33. The minimum absolute atomic E-state index is 0.00587. The van der Waals surface area contributed by atoms with Gasteiger partial charge < -0.3 is 14.4 Å². The molecule has 0 radical (unpaired) electrons. The molecule has 1 fully saturated rings. The first-order valence-corrected chi connectivity index (χ1v) is 10.2. The lowest BCUT2D eigenvalue weighted by atomic mass is 10.1. The Balaban J connectivity index is 1.37. The second kappa shape index (κ2) is 7.29. The number of aromatic nitrogens is 2. The molecule has 28 heavy (non-hydrogen) atoms. The minimum atomic E-state index is 0.00587. The first-order valence-electron chi connectivity index (χ1n) is 9.85. The Hall–Kier alpha value is -2.25. The summed E-state index contributed by atoms with van der Waals surface area (Å²) >= 11 is 6.44. The maximum absolute atomic E-state index is 12.6. The largest absolute Gasteiger partial charge is 0.454 e. The van der Waals surface area contributed by atoms with Gasteiger partial charge in [-0.1, -0.05) is 11.6 Å². The number of aromatic amines is 1. The van der Waals surface area contributed by atoms with Gasteiger partial charge in [-0.15, -0.1) is 0 Å². The van der Waals surface area contributed by atoms with E-state index in [4.69, 9.17) is 26.1 Å². The van der Waals surface area contributed by atoms with Gasteiger partial charge in [0.1, 0.15) is 0 Å². The van der Waals surface area contributed by atoms with Gasteiger partial charge in [0.2, 0.25) is 12.7 Å². The zero-order valence-corrected chi connectivity index (χ0v) is 16.4. The summed E-state index contributed by atoms with van der Waals surface area (Å²) in [6.45, 7) is 4.27. The van der Waals surface area contributed by atoms with E-state index in [1.54, 1.807) is 0 Å². The quantitative estimate of drug-likeness (QED) is 0.851. The maximum Gasteiger partial charge on any atom is 0.255 e. The molecule has 4 heterocycles. The van der Waals surface area contributed by atoms with Crippen LogP contribution in [0.5, 0.6) is 11.5 Å². The van der Waals surface area contributed by atoms with Gasteiger partial charge in [-0.3, -0.25) is 14.7 Å². The summed E-state index contributed by atoms with van der Waals surface area (Å²) < 4.78 is 10.9. The predicted molar refractivity (Wildman–Crippen MR) is 106 cm³/mol. The Labute approximate surface area is 168 Å². The van der Waals surface area contributed by atoms with Gasteiger partial charge in [-0.25, -0.2) is 4.98 Å². The van der Waals surface area contributed by atoms with Crippen LogP contribution >= 0.6 is 11.6 Å². The number of nitrogens with one attached hydrogen (secondary N) is 1. The number of nitrogens with zero attached hydrogens (tertiary/aromatic N) is 3. The molecule has 0 atom stereocenters. The summed E-state index contributed by atoms with van der Waals surface area (Å²) in [6.07, 6.45) is 4.24. The van der Waals surface area contributed by atoms with E-state index in [9.17, 15) is 4.79 Å². The molecule has 2 aromatic rings. The summed E-state index contributed by atoms with van der Waals surface area (Å²) in [5, 5.41) is 0.669. The zero-order chi connectivity index (χ0) is 19.1. The van der Waals surface area contributed by atoms with Crippen molar-refractivity contribution in [2.24, 2.45) is 0 Å². The van der Waals surface area contributed by atoms with Gasteiger partial charge in [0.15, 0.2) is 11.5 Å². The molecule has 1 aromatic carbocycles. The van der Waals surface area contributed by atoms with Crippen LogP contribution < -0.4 is 19.9 Å². The van der Waals surface area contributed by atoms with E-state index < -0.39 is 0 Å². The maximum atomic E-state index is 12.6. The van der Waals surface area contributed by atoms with Gasteiger partial charge in [-0.2, -0.15) is 0 Å². The SMILES string of the molecule is O=c1[nH]c(N2CCCCC2)nc2c1CCN(Cc1cc3c(cc1Cl)OCO3)C2. The van der Waals surface area contributed by atoms with Crippen LogP contribution in [0.2, 0.25) is 5.02 Å². The Bertz CT molecular complexity index is 955. The number of rotatable bonds is 3. The standard InChI is InChI=1S/C20H23ClN4O3/c21-15-9-18-17(27-12-28-18)8-13(15)10-24-7-4-14-16(11-24)22-20(23-19(14)26)25-5-2-1-3-6-25/h8-9H,1-7,10-12H2,(H,22,23,26). The van der Waals surface area contributed by atoms with Crippen LogP contribution in [-0.2, 0) is 19.5 Å². The van der Waals surface area contributed by atoms with E-state index in [0.29, 0.717) is 36.2 Å². The van der Waals surface area contributed by atoms with E-state index in [1.165, 1.54) is 6.42 Å². The van der Waals surface area contributed by atoms with Crippen LogP contribution in [0, 0.1) is 0 Å². The third-order valence-corrected chi connectivity index (χ3v) is 6.08. The van der Waals surface area contributed by atoms with Crippen molar-refractivity contribution in [3.63, 3.8) is 0 Å². The van der Waals surface area contributed by atoms with Gasteiger partial charge in [-0.05, 0) is 37.3 Å². The highest BCUT2D eigenvalue weighted by Gasteiger charge is 2.24. The first-order chi connectivity index (χ1) is 13.7. The van der Waals surface area contributed by atoms with Crippen molar-refractivity contribution < 1.29 is 9.47 Å². The second-order valence-corrected chi connectivity index (χ2v) is 8.03. The number of hydrogen-bond donors (Lipinski definition) is 1. The van der Waals surface area contributed by atoms with Crippen molar-refractivity contribution >= 4 is 17.5 Å². The molecule has 0 spiro atoms. The molecule has 0 amide bonds. The summed E-state index contributed by atoms with van der Waals surface area (Å²) in [5.41, 5.74) is 2.70. The van der Waals surface area contributed by atoms with E-state index in [0.717, 1.165) is 55.0 Å². The summed E-state index contributed by atoms with van der Waals surface area (Å²) in [7, 11) is 0. The molecule has 0 aliphatic carbocycles. The van der Waals surface area contributed by atoms with Crippen molar-refractivity contribution in [2.45, 2.75) is 38.8 Å². The van der Waals surface area contributed by atoms with E-state index in [1.807, 2.05) is 12.1 Å². The monoisotopic (exact) mass is 402 g/mol. The molecule has 1 saturated heterocycles. The molecule has 3 aliphatic heterocycles. The zero-order valence-electron chi connectivity index (χ0n) is 15.7. The molecule has 148 valence electrons. The average Bonchev–Trinajstić information content (AvgIpc) is 3.15. The molecule has 0 saturated carbocycles. The summed E-state index contributed by atoms with van der Waals surface area (Å²) in [4.78, 5) is 24.9. The number of piperidine rings is 1. The third-order valence-electron chi connectivity index (χ3n) is 5.73. The van der Waals surface area contributed by atoms with Gasteiger partial charge in [0.25, 0.3) is 5.56 Å². The van der Waals surface area contributed by atoms with Crippen LogP contribution in [0.3, 0.4) is 0 Å². The lowest BCUT2D eigenvalue weighted by Crippen LogP contribution is -2.38. The number of ether oxygens (including phenoxy) is 2. The van der Waals surface area contributed by atoms with Crippen molar-refractivity contribution in [1.29, 1.82) is 0 Å². The van der Waals surface area contributed by atoms with Crippen LogP contribution in [0.15, 0.2) is 16.9 Å². The van der Waals surface area contributed by atoms with Crippen LogP contribution in [-0.4, -0.2) is 41.3 Å². The topological polar surface area (TPSA) is 70.7 Å². The molecule has 0 unspecified atom stereocenters. The normalized spacial score (nSPS) is 19.0. The predicted octanol–water partition coefficient (Wildman–Crippen LogP) is 2.70. The fourth-order valence-corrected chi connectivity index (χ4v) is 4.41. The Morgan fingerprint density at radius 3 is 2.71 bits per heavy atom. The van der Waals surface area contributed by atoms with Crippen LogP contribution in [0.1, 0.15) is 36.1 Å². The van der Waals surface area contributed by atoms with E-state index >= 15 is 0 Å². The lowest BCUT2D eigenvalue weighted by molar-refractivity contribution is 0.174. The smallest absolute Gasteiger partial charge is 0.255 e. The highest BCUT2D eigenvalue weighted by molar-refractivity contribution is 6.31. The molecule has 3 aliphatic rings. The number of hydrogen-bond acceptors (Lipinski definition) is 6. The molecule has 1 aromatic heterocycles. The van der Waals surface area contributed by atoms with Gasteiger partial charge >= 0.3 is 0 Å². The Morgan fingerprint density at radius 2 is 1.89 bits per heavy atom. The van der Waals surface area contributed by atoms with Crippen molar-refractivity contribution in [3.05, 3.63) is 44.3 Å². The number of anilines is 1. The van der Waals surface area contributed by atoms with Gasteiger partial charge in [0, 0.05) is 49.4 Å². The molecule has 7 nitrogen and oxygen atoms in total. The highest BCUT2D eigenvalue weighted by atomic mass is 35.5. The van der Waals surface area contributed by atoms with E-state index in [-0.39, 0.29) is 12.4 Å². The molecule has 0 bridgehead atoms. The van der Waals surface area contributed by atoms with Crippen molar-refractivity contribution in [1.82, 2.24) is 14.9 Å². The molecule has 5 rings (SSSR count). The van der Waals surface area contributed by atoms with Gasteiger partial charge in [0.05, 0.1) is 5.69 Å². The molecule has 1 N–H and O–H groups in total. The van der Waals surface area contributed by atoms with Crippen molar-refractivity contribution in [2.75, 3.05) is 31.3 Å². The summed E-state index contributed by atoms with van der Waals surface area (Å²) in [5.74, 6) is 2.14. The number of halogens is 1. The second-order valence-electron chi connectivity index (χ2n) is 7.62. The number of fused-ring (bicyclic) bond motifs is 2. The fraction of sp³-hybridized carbons (Fsp3) is 0.500. The number of H-pyrrole nitrogens is 1. The molecule has 8 heteroatoms. The Kier molecular flexibility index (Phi) is 4.64. The molecular formula is C20H23ClN4O3. The van der Waals surface area contributed by atoms with Crippen molar-refractivity contribution in [3.8, 4) is 11.5 Å².